The number of carbonyl (C=O) groups is 1. The van der Waals surface area contributed by atoms with Crippen LogP contribution in [0.25, 0.3) is 0 Å². The molecule has 12 N–H and O–H groups in total. The molecular formula is C57H105NO18. The third-order valence-corrected chi connectivity index (χ3v) is 15.0. The largest absolute Gasteiger partial charge is 0.394 e. The number of hydrogen-bond acceptors (Lipinski definition) is 18. The van der Waals surface area contributed by atoms with Crippen molar-refractivity contribution in [1.29, 1.82) is 0 Å². The van der Waals surface area contributed by atoms with E-state index in [4.69, 9.17) is 28.4 Å². The van der Waals surface area contributed by atoms with Gasteiger partial charge in [0.2, 0.25) is 5.91 Å². The predicted molar refractivity (Wildman–Crippen MR) is 286 cm³/mol. The number of carbonyl (C=O) groups excluding carboxylic acids is 1. The van der Waals surface area contributed by atoms with Gasteiger partial charge in [-0.2, -0.15) is 0 Å². The molecule has 0 aromatic carbocycles. The Kier molecular flexibility index (Phi) is 37.2. The molecule has 446 valence electrons. The van der Waals surface area contributed by atoms with Crippen LogP contribution in [-0.2, 0) is 33.2 Å². The molecule has 17 atom stereocenters. The van der Waals surface area contributed by atoms with Crippen molar-refractivity contribution in [3.63, 3.8) is 0 Å². The van der Waals surface area contributed by atoms with E-state index in [1.807, 2.05) is 6.08 Å². The summed E-state index contributed by atoms with van der Waals surface area (Å²) in [4.78, 5) is 13.2. The highest BCUT2D eigenvalue weighted by Crippen LogP contribution is 2.33. The molecule has 3 rings (SSSR count). The Hall–Kier alpha value is -1.73. The SMILES string of the molecule is CCCCCCCCCCCCCCCCC/C=C/CC/C=C/C(O)C(COC1OC(CO)C(OC2OC(CO)C(OC3OC(CO)C(O)C(O)C3O)C(O)C2O)C(O)C1O)NC(=O)CCCCCCCCCCCC. The third-order valence-electron chi connectivity index (χ3n) is 15.0. The average molecular weight is 1090 g/mol. The molecule has 3 heterocycles. The number of aliphatic hydroxyl groups excluding tert-OH is 11. The summed E-state index contributed by atoms with van der Waals surface area (Å²) in [7, 11) is 0. The molecule has 0 aliphatic carbocycles. The van der Waals surface area contributed by atoms with Gasteiger partial charge in [0.15, 0.2) is 18.9 Å². The lowest BCUT2D eigenvalue weighted by Crippen LogP contribution is -2.66. The van der Waals surface area contributed by atoms with Crippen molar-refractivity contribution in [3.8, 4) is 0 Å². The van der Waals surface area contributed by atoms with Gasteiger partial charge in [0.25, 0.3) is 0 Å². The molecule has 0 bridgehead atoms. The predicted octanol–water partition coefficient (Wildman–Crippen LogP) is 4.76. The fraction of sp³-hybridized carbons (Fsp3) is 0.912. The number of rotatable bonds is 43. The highest BCUT2D eigenvalue weighted by Gasteiger charge is 2.53. The first-order chi connectivity index (χ1) is 36.8. The van der Waals surface area contributed by atoms with Crippen LogP contribution in [0, 0.1) is 0 Å². The second kappa shape index (κ2) is 41.3. The van der Waals surface area contributed by atoms with Crippen LogP contribution in [0.15, 0.2) is 24.3 Å². The first-order valence-corrected chi connectivity index (χ1v) is 29.6. The van der Waals surface area contributed by atoms with Gasteiger partial charge in [-0.3, -0.25) is 4.79 Å². The fourth-order valence-electron chi connectivity index (χ4n) is 10.1. The second-order valence-corrected chi connectivity index (χ2v) is 21.5. The number of amides is 1. The van der Waals surface area contributed by atoms with E-state index in [1.165, 1.54) is 128 Å². The molecule has 0 spiro atoms. The maximum Gasteiger partial charge on any atom is 0.220 e. The van der Waals surface area contributed by atoms with E-state index in [2.05, 4.69) is 31.3 Å². The summed E-state index contributed by atoms with van der Waals surface area (Å²) in [5.74, 6) is -0.288. The van der Waals surface area contributed by atoms with Gasteiger partial charge >= 0.3 is 0 Å². The summed E-state index contributed by atoms with van der Waals surface area (Å²) in [5, 5.41) is 120. The molecule has 0 radical (unpaired) electrons. The molecule has 3 aliphatic heterocycles. The van der Waals surface area contributed by atoms with Crippen LogP contribution in [0.5, 0.6) is 0 Å². The molecule has 0 aromatic rings. The van der Waals surface area contributed by atoms with E-state index >= 15 is 0 Å². The van der Waals surface area contributed by atoms with E-state index in [0.717, 1.165) is 38.5 Å². The quantitative estimate of drug-likeness (QED) is 0.0289. The van der Waals surface area contributed by atoms with Gasteiger partial charge in [0, 0.05) is 6.42 Å². The van der Waals surface area contributed by atoms with E-state index < -0.39 is 124 Å². The lowest BCUT2D eigenvalue weighted by atomic mass is 9.96. The van der Waals surface area contributed by atoms with Crippen molar-refractivity contribution in [3.05, 3.63) is 24.3 Å². The molecular weight excluding hydrogens is 987 g/mol. The van der Waals surface area contributed by atoms with E-state index in [1.54, 1.807) is 6.08 Å². The first kappa shape index (κ1) is 68.5. The average Bonchev–Trinajstić information content (AvgIpc) is 3.42. The minimum absolute atomic E-state index is 0.238. The van der Waals surface area contributed by atoms with Gasteiger partial charge in [-0.25, -0.2) is 0 Å². The summed E-state index contributed by atoms with van der Waals surface area (Å²) in [6, 6.07) is -0.983. The molecule has 3 saturated heterocycles. The highest BCUT2D eigenvalue weighted by atomic mass is 16.8. The van der Waals surface area contributed by atoms with Gasteiger partial charge in [-0.15, -0.1) is 0 Å². The molecule has 76 heavy (non-hydrogen) atoms. The van der Waals surface area contributed by atoms with Crippen molar-refractivity contribution in [2.24, 2.45) is 0 Å². The third kappa shape index (κ3) is 25.4. The minimum atomic E-state index is -1.98. The molecule has 0 aromatic heterocycles. The number of aliphatic hydroxyl groups is 11. The first-order valence-electron chi connectivity index (χ1n) is 29.6. The normalized spacial score (nSPS) is 31.1. The molecule has 19 nitrogen and oxygen atoms in total. The van der Waals surface area contributed by atoms with Gasteiger partial charge in [0.1, 0.15) is 73.2 Å². The molecule has 3 fully saturated rings. The Morgan fingerprint density at radius 1 is 0.461 bits per heavy atom. The smallest absolute Gasteiger partial charge is 0.220 e. The van der Waals surface area contributed by atoms with Crippen molar-refractivity contribution in [1.82, 2.24) is 5.32 Å². The summed E-state index contributed by atoms with van der Waals surface area (Å²) >= 11 is 0. The van der Waals surface area contributed by atoms with Crippen molar-refractivity contribution in [2.75, 3.05) is 26.4 Å². The molecule has 3 aliphatic rings. The summed E-state index contributed by atoms with van der Waals surface area (Å²) in [6.45, 7) is 1.68. The number of allylic oxidation sites excluding steroid dienone is 3. The van der Waals surface area contributed by atoms with Crippen molar-refractivity contribution < 1.29 is 89.4 Å². The van der Waals surface area contributed by atoms with Crippen LogP contribution < -0.4 is 5.32 Å². The second-order valence-electron chi connectivity index (χ2n) is 21.5. The molecule has 0 saturated carbocycles. The van der Waals surface area contributed by atoms with Crippen LogP contribution in [0.4, 0.5) is 0 Å². The fourth-order valence-corrected chi connectivity index (χ4v) is 10.1. The van der Waals surface area contributed by atoms with Crippen LogP contribution in [0.2, 0.25) is 0 Å². The van der Waals surface area contributed by atoms with Crippen molar-refractivity contribution >= 4 is 5.91 Å². The zero-order chi connectivity index (χ0) is 55.5. The number of unbranched alkanes of at least 4 members (excludes halogenated alkanes) is 25. The monoisotopic (exact) mass is 1090 g/mol. The van der Waals surface area contributed by atoms with Crippen LogP contribution in [0.3, 0.4) is 0 Å². The molecule has 1 amide bonds. The minimum Gasteiger partial charge on any atom is -0.394 e. The summed E-state index contributed by atoms with van der Waals surface area (Å²) in [5.41, 5.74) is 0. The van der Waals surface area contributed by atoms with Gasteiger partial charge in [0.05, 0.1) is 38.6 Å². The topological polar surface area (TPSA) is 307 Å². The zero-order valence-corrected chi connectivity index (χ0v) is 46.2. The van der Waals surface area contributed by atoms with E-state index in [0.29, 0.717) is 12.8 Å². The number of nitrogens with one attached hydrogen (secondary N) is 1. The number of hydrogen-bond donors (Lipinski definition) is 12. The highest BCUT2D eigenvalue weighted by molar-refractivity contribution is 5.76. The molecule has 19 heteroatoms. The Bertz CT molecular complexity index is 1490. The summed E-state index contributed by atoms with van der Waals surface area (Å²) in [6.07, 6.45) is 14.7. The van der Waals surface area contributed by atoms with E-state index in [9.17, 15) is 61.0 Å². The maximum atomic E-state index is 13.2. The standard InChI is InChI=1S/C57H105NO18/c1-3-5-7-9-11-13-15-16-17-18-19-20-21-22-23-24-25-26-28-30-32-34-41(62)40(58-45(63)35-33-31-29-27-14-12-10-8-6-4-2)39-71-55-51(69)48(66)53(43(37-60)73-55)76-57-52(70)49(67)54(44(38-61)74-57)75-56-50(68)47(65)46(64)42(36-59)72-56/h25-26,32,34,40-44,46-57,59-62,64-70H,3-24,27-31,33,35-39H2,1-2H3,(H,58,63)/b26-25+,34-32+. The van der Waals surface area contributed by atoms with Crippen LogP contribution in [0.1, 0.15) is 200 Å². The zero-order valence-electron chi connectivity index (χ0n) is 46.2. The van der Waals surface area contributed by atoms with Gasteiger partial charge in [-0.1, -0.05) is 186 Å². The Morgan fingerprint density at radius 3 is 1.32 bits per heavy atom. The lowest BCUT2D eigenvalue weighted by Gasteiger charge is -2.48. The summed E-state index contributed by atoms with van der Waals surface area (Å²) < 4.78 is 34.2. The lowest BCUT2D eigenvalue weighted by molar-refractivity contribution is -0.379. The Morgan fingerprint density at radius 2 is 0.842 bits per heavy atom. The Balaban J connectivity index is 1.50. The van der Waals surface area contributed by atoms with Crippen LogP contribution in [-0.4, -0.2) is 193 Å². The van der Waals surface area contributed by atoms with Crippen LogP contribution >= 0.6 is 0 Å². The van der Waals surface area contributed by atoms with Gasteiger partial charge < -0.3 is 89.9 Å². The maximum absolute atomic E-state index is 13.2. The van der Waals surface area contributed by atoms with Gasteiger partial charge in [-0.05, 0) is 32.1 Å². The molecule has 17 unspecified atom stereocenters. The van der Waals surface area contributed by atoms with Crippen molar-refractivity contribution in [2.45, 2.75) is 304 Å². The van der Waals surface area contributed by atoms with E-state index in [-0.39, 0.29) is 18.9 Å². The number of ether oxygens (including phenoxy) is 6. The Labute approximate surface area is 454 Å².